The third-order valence-electron chi connectivity index (χ3n) is 0.847. The monoisotopic (exact) mass is 364 g/mol. The van der Waals surface area contributed by atoms with Crippen LogP contribution >= 0.6 is 0 Å². The van der Waals surface area contributed by atoms with E-state index in [1.807, 2.05) is 39.8 Å². The van der Waals surface area contributed by atoms with Crippen molar-refractivity contribution in [3.8, 4) is 0 Å². The van der Waals surface area contributed by atoms with Gasteiger partial charge in [0.1, 0.15) is 0 Å². The van der Waals surface area contributed by atoms with Gasteiger partial charge in [0.2, 0.25) is 0 Å². The minimum absolute atomic E-state index is 1.00. The Morgan fingerprint density at radius 3 is 1.71 bits per heavy atom. The molecule has 1 rings (SSSR count). The third kappa shape index (κ3) is 22.6. The first-order valence-corrected chi connectivity index (χ1v) is 6.83. The summed E-state index contributed by atoms with van der Waals surface area (Å²) in [6, 6.07) is 3.94. The molecule has 1 nitrogen and oxygen atoms in total. The normalized spacial score (nSPS) is 6.36. The molecule has 0 bridgehead atoms. The Morgan fingerprint density at radius 1 is 1.29 bits per heavy atom. The molecule has 0 aliphatic rings. The average Bonchev–Trinajstić information content (AvgIpc) is 2.26. The van der Waals surface area contributed by atoms with Gasteiger partial charge in [-0.2, -0.15) is 6.42 Å². The van der Waals surface area contributed by atoms with Crippen molar-refractivity contribution in [2.24, 2.45) is 0 Å². The van der Waals surface area contributed by atoms with Gasteiger partial charge in [-0.15, -0.1) is 0 Å². The second kappa shape index (κ2) is 23.0. The predicted molar refractivity (Wildman–Crippen MR) is 63.1 cm³/mol. The van der Waals surface area contributed by atoms with Crippen LogP contribution in [0.1, 0.15) is 32.8 Å². The first-order valence-electron chi connectivity index (χ1n) is 4.76. The topological polar surface area (TPSA) is 12.9 Å². The van der Waals surface area contributed by atoms with Crippen LogP contribution in [0.2, 0.25) is 0 Å². The Morgan fingerprint density at radius 2 is 1.57 bits per heavy atom. The maximum atomic E-state index is 3.85. The number of hydrogen-bond acceptors (Lipinski definition) is 1. The Hall–Kier alpha value is -0.292. The van der Waals surface area contributed by atoms with Crippen molar-refractivity contribution < 1.29 is 19.4 Å². The molecule has 0 saturated carbocycles. The van der Waals surface area contributed by atoms with E-state index in [0.29, 0.717) is 0 Å². The van der Waals surface area contributed by atoms with Gasteiger partial charge in [-0.1, -0.05) is 20.8 Å². The number of rotatable bonds is 0. The molecule has 2 heteroatoms. The molecule has 1 heterocycles. The van der Waals surface area contributed by atoms with Crippen molar-refractivity contribution in [3.05, 3.63) is 37.0 Å². The van der Waals surface area contributed by atoms with E-state index in [9.17, 15) is 0 Å². The number of pyridine rings is 1. The number of nitrogens with zero attached hydrogens (tertiary/aromatic N) is 1. The molecule has 1 aromatic heterocycles. The quantitative estimate of drug-likeness (QED) is 0.641. The van der Waals surface area contributed by atoms with Crippen LogP contribution in [0.5, 0.6) is 0 Å². The summed E-state index contributed by atoms with van der Waals surface area (Å²) in [7, 11) is 0. The summed E-state index contributed by atoms with van der Waals surface area (Å²) < 4.78 is 0. The molecular formula is C12H22NW-. The van der Waals surface area contributed by atoms with Crippen LogP contribution < -0.4 is 0 Å². The summed E-state index contributed by atoms with van der Waals surface area (Å²) in [5, 5.41) is 0. The van der Waals surface area contributed by atoms with Crippen molar-refractivity contribution in [3.63, 3.8) is 0 Å². The first-order chi connectivity index (χ1) is 6.81. The van der Waals surface area contributed by atoms with Gasteiger partial charge in [0, 0.05) is 12.4 Å². The van der Waals surface area contributed by atoms with Gasteiger partial charge < -0.3 is 6.92 Å². The Bertz CT molecular complexity index is 163. The number of aryl methyl sites for hydroxylation is 1. The van der Waals surface area contributed by atoms with Crippen LogP contribution in [0, 0.1) is 13.8 Å². The maximum absolute atomic E-state index is 3.85. The zero-order valence-corrected chi connectivity index (χ0v) is 12.7. The summed E-state index contributed by atoms with van der Waals surface area (Å²) in [4.78, 5) is 7.18. The van der Waals surface area contributed by atoms with Gasteiger partial charge in [0.15, 0.2) is 0 Å². The molecule has 0 aliphatic heterocycles. The van der Waals surface area contributed by atoms with E-state index < -0.39 is 0 Å². The van der Waals surface area contributed by atoms with Gasteiger partial charge in [0.25, 0.3) is 0 Å². The molecule has 14 heavy (non-hydrogen) atoms. The van der Waals surface area contributed by atoms with Gasteiger partial charge in [-0.3, -0.25) is 4.98 Å². The predicted octanol–water partition coefficient (Wildman–Crippen LogP) is 3.61. The Labute approximate surface area is 100 Å². The molecular weight excluding hydrogens is 342 g/mol. The Balaban J connectivity index is -0.000000148. The van der Waals surface area contributed by atoms with E-state index in [1.165, 1.54) is 24.9 Å². The zero-order valence-electron chi connectivity index (χ0n) is 9.79. The summed E-state index contributed by atoms with van der Waals surface area (Å²) in [5.41, 5.74) is 1.26. The summed E-state index contributed by atoms with van der Waals surface area (Å²) in [6.45, 7) is 11.5. The van der Waals surface area contributed by atoms with Crippen LogP contribution in [-0.2, 0) is 19.4 Å². The molecule has 0 radical (unpaired) electrons. The standard InChI is InChI=1S/C6H7N.C3H7.C2H6.CH2.W/c1-6-2-4-7-5-3-6;1-3-2;1-2;;/h2-5H,1H3;1,3H2,2H3;1-2H3;1H2;/q;-1;;;. The minimum atomic E-state index is 1.00. The second-order valence-corrected chi connectivity index (χ2v) is 2.02. The molecule has 0 amide bonds. The van der Waals surface area contributed by atoms with E-state index in [1.54, 1.807) is 12.4 Å². The van der Waals surface area contributed by atoms with Crippen molar-refractivity contribution in [1.82, 2.24) is 4.98 Å². The summed E-state index contributed by atoms with van der Waals surface area (Å²) >= 11 is 1.33. The van der Waals surface area contributed by atoms with Crippen LogP contribution in [0.15, 0.2) is 24.5 Å². The van der Waals surface area contributed by atoms with Gasteiger partial charge in [0.05, 0.1) is 0 Å². The van der Waals surface area contributed by atoms with Gasteiger partial charge in [-0.25, -0.2) is 0 Å². The van der Waals surface area contributed by atoms with Crippen LogP contribution in [0.4, 0.5) is 0 Å². The van der Waals surface area contributed by atoms with E-state index in [2.05, 4.69) is 16.8 Å². The van der Waals surface area contributed by atoms with Crippen molar-refractivity contribution in [1.29, 1.82) is 0 Å². The van der Waals surface area contributed by atoms with E-state index >= 15 is 0 Å². The van der Waals surface area contributed by atoms with Crippen molar-refractivity contribution in [2.75, 3.05) is 0 Å². The Kier molecular flexibility index (Phi) is 31.7. The average molecular weight is 364 g/mol. The first kappa shape index (κ1) is 19.3. The molecule has 1 aromatic rings. The summed E-state index contributed by atoms with van der Waals surface area (Å²) in [5.74, 6) is 0. The number of hydrogen-bond donors (Lipinski definition) is 0. The van der Waals surface area contributed by atoms with E-state index in [4.69, 9.17) is 0 Å². The van der Waals surface area contributed by atoms with Gasteiger partial charge in [-0.05, 0) is 24.6 Å². The number of aromatic nitrogens is 1. The summed E-state index contributed by atoms with van der Waals surface area (Å²) in [6.07, 6.45) is 4.57. The molecule has 0 aromatic carbocycles. The second-order valence-electron chi connectivity index (χ2n) is 2.02. The molecule has 0 atom stereocenters. The fourth-order valence-electron chi connectivity index (χ4n) is 0.426. The zero-order chi connectivity index (χ0) is 11.8. The van der Waals surface area contributed by atoms with Crippen molar-refractivity contribution >= 4 is 4.90 Å². The molecule has 0 unspecified atom stereocenters. The van der Waals surface area contributed by atoms with Crippen LogP contribution in [-0.4, -0.2) is 9.89 Å². The van der Waals surface area contributed by atoms with Gasteiger partial charge >= 0.3 is 24.3 Å². The SMILES string of the molecule is CC.Cc1ccncc1.[CH2-]CC.[CH2]=[W]. The molecule has 0 saturated heterocycles. The molecule has 0 aliphatic carbocycles. The van der Waals surface area contributed by atoms with E-state index in [-0.39, 0.29) is 0 Å². The molecule has 82 valence electrons. The van der Waals surface area contributed by atoms with Crippen molar-refractivity contribution in [2.45, 2.75) is 34.1 Å². The molecule has 0 fully saturated rings. The van der Waals surface area contributed by atoms with E-state index in [0.717, 1.165) is 6.42 Å². The fraction of sp³-hybridized carbons (Fsp3) is 0.417. The van der Waals surface area contributed by atoms with Crippen LogP contribution in [0.3, 0.4) is 0 Å². The molecule has 0 spiro atoms. The molecule has 0 N–H and O–H groups in total. The third-order valence-corrected chi connectivity index (χ3v) is 0.847. The van der Waals surface area contributed by atoms with Crippen LogP contribution in [0.25, 0.3) is 0 Å². The fourth-order valence-corrected chi connectivity index (χ4v) is 0.426.